The van der Waals surface area contributed by atoms with Gasteiger partial charge in [-0.3, -0.25) is 0 Å². The quantitative estimate of drug-likeness (QED) is 0.741. The van der Waals surface area contributed by atoms with E-state index >= 15 is 0 Å². The normalized spacial score (nSPS) is 28.9. The standard InChI is InChI=1S/C14H19NO3/c1-11-10-14(18-13(16)17,8-9-15(11)2)12-6-4-3-5-7-12/h3-7,11H,8-10H2,1-2H3,(H,16,17)/p-1. The van der Waals surface area contributed by atoms with E-state index in [9.17, 15) is 9.90 Å². The van der Waals surface area contributed by atoms with E-state index in [1.165, 1.54) is 0 Å². The molecule has 0 radical (unpaired) electrons. The summed E-state index contributed by atoms with van der Waals surface area (Å²) in [6, 6.07) is 9.83. The highest BCUT2D eigenvalue weighted by Crippen LogP contribution is 2.38. The molecule has 4 nitrogen and oxygen atoms in total. The van der Waals surface area contributed by atoms with Crippen molar-refractivity contribution in [2.45, 2.75) is 31.4 Å². The van der Waals surface area contributed by atoms with E-state index in [0.29, 0.717) is 12.8 Å². The molecule has 1 aliphatic heterocycles. The Morgan fingerprint density at radius 2 is 2.11 bits per heavy atom. The molecule has 0 aliphatic carbocycles. The van der Waals surface area contributed by atoms with Crippen LogP contribution < -0.4 is 5.11 Å². The van der Waals surface area contributed by atoms with Crippen molar-refractivity contribution in [3.63, 3.8) is 0 Å². The number of nitrogens with zero attached hydrogens (tertiary/aromatic N) is 1. The van der Waals surface area contributed by atoms with Crippen LogP contribution in [0.15, 0.2) is 30.3 Å². The summed E-state index contributed by atoms with van der Waals surface area (Å²) in [7, 11) is 2.04. The molecule has 1 aliphatic rings. The van der Waals surface area contributed by atoms with E-state index in [4.69, 9.17) is 4.74 Å². The topological polar surface area (TPSA) is 52.6 Å². The number of piperidine rings is 1. The van der Waals surface area contributed by atoms with E-state index in [1.54, 1.807) is 0 Å². The summed E-state index contributed by atoms with van der Waals surface area (Å²) in [5.41, 5.74) is 0.153. The molecule has 4 heteroatoms. The summed E-state index contributed by atoms with van der Waals surface area (Å²) in [4.78, 5) is 13.1. The Hall–Kier alpha value is -1.55. The molecule has 2 rings (SSSR count). The molecule has 0 saturated carbocycles. The summed E-state index contributed by atoms with van der Waals surface area (Å²) >= 11 is 0. The highest BCUT2D eigenvalue weighted by molar-refractivity contribution is 5.55. The van der Waals surface area contributed by atoms with Gasteiger partial charge in [0.25, 0.3) is 6.16 Å². The van der Waals surface area contributed by atoms with Crippen LogP contribution in [0.25, 0.3) is 0 Å². The summed E-state index contributed by atoms with van der Waals surface area (Å²) in [6.07, 6.45) is -0.136. The Kier molecular flexibility index (Phi) is 3.57. The van der Waals surface area contributed by atoms with Gasteiger partial charge in [0.2, 0.25) is 0 Å². The molecule has 1 aromatic carbocycles. The van der Waals surface area contributed by atoms with Crippen molar-refractivity contribution in [2.75, 3.05) is 13.6 Å². The number of hydrogen-bond acceptors (Lipinski definition) is 4. The zero-order valence-corrected chi connectivity index (χ0v) is 10.8. The molecule has 98 valence electrons. The smallest absolute Gasteiger partial charge is 0.252 e. The third-order valence-electron chi connectivity index (χ3n) is 3.82. The van der Waals surface area contributed by atoms with Crippen LogP contribution in [0.1, 0.15) is 25.3 Å². The number of likely N-dealkylation sites (tertiary alicyclic amines) is 1. The SMILES string of the molecule is CC1CC(OC(=O)[O-])(c2ccccc2)CCN1C. The fraction of sp³-hybridized carbons (Fsp3) is 0.500. The first-order valence-corrected chi connectivity index (χ1v) is 6.19. The van der Waals surface area contributed by atoms with Crippen LogP contribution in [0.2, 0.25) is 0 Å². The van der Waals surface area contributed by atoms with Gasteiger partial charge < -0.3 is 19.5 Å². The predicted octanol–water partition coefficient (Wildman–Crippen LogP) is 1.36. The second-order valence-corrected chi connectivity index (χ2v) is 5.00. The van der Waals surface area contributed by atoms with Gasteiger partial charge in [-0.1, -0.05) is 30.3 Å². The van der Waals surface area contributed by atoms with Gasteiger partial charge in [-0.25, -0.2) is 0 Å². The molecule has 0 aromatic heterocycles. The first-order chi connectivity index (χ1) is 8.53. The van der Waals surface area contributed by atoms with Crippen LogP contribution in [-0.2, 0) is 10.3 Å². The van der Waals surface area contributed by atoms with Gasteiger partial charge in [-0.15, -0.1) is 0 Å². The number of carboxylic acid groups (broad SMARTS) is 1. The second-order valence-electron chi connectivity index (χ2n) is 5.00. The summed E-state index contributed by atoms with van der Waals surface area (Å²) in [5.74, 6) is 0. The van der Waals surface area contributed by atoms with Gasteiger partial charge in [-0.05, 0) is 32.4 Å². The maximum absolute atomic E-state index is 10.9. The van der Waals surface area contributed by atoms with Crippen molar-refractivity contribution in [2.24, 2.45) is 0 Å². The second kappa shape index (κ2) is 4.98. The average Bonchev–Trinajstić information content (AvgIpc) is 2.34. The maximum Gasteiger partial charge on any atom is 0.252 e. The fourth-order valence-electron chi connectivity index (χ4n) is 2.63. The van der Waals surface area contributed by atoms with Gasteiger partial charge in [0.05, 0.1) is 5.60 Å². The number of hydrogen-bond donors (Lipinski definition) is 0. The van der Waals surface area contributed by atoms with Crippen molar-refractivity contribution in [1.82, 2.24) is 4.90 Å². The molecular formula is C14H18NO3-. The van der Waals surface area contributed by atoms with E-state index in [1.807, 2.05) is 37.4 Å². The first-order valence-electron chi connectivity index (χ1n) is 6.19. The molecule has 0 bridgehead atoms. The molecular weight excluding hydrogens is 230 g/mol. The van der Waals surface area contributed by atoms with Crippen LogP contribution >= 0.6 is 0 Å². The Bertz CT molecular complexity index is 420. The molecule has 0 spiro atoms. The molecule has 0 amide bonds. The third kappa shape index (κ3) is 2.48. The molecule has 0 N–H and O–H groups in total. The number of ether oxygens (including phenoxy) is 1. The number of carbonyl (C=O) groups excluding carboxylic acids is 1. The molecule has 2 unspecified atom stereocenters. The number of carbonyl (C=O) groups is 1. The minimum atomic E-state index is -1.45. The Labute approximate surface area is 107 Å². The molecule has 1 aromatic rings. The lowest BCUT2D eigenvalue weighted by Gasteiger charge is -2.47. The maximum atomic E-state index is 10.9. The molecule has 2 atom stereocenters. The highest BCUT2D eigenvalue weighted by atomic mass is 16.7. The van der Waals surface area contributed by atoms with Crippen LogP contribution in [0.3, 0.4) is 0 Å². The van der Waals surface area contributed by atoms with Crippen molar-refractivity contribution < 1.29 is 14.6 Å². The van der Waals surface area contributed by atoms with Crippen molar-refractivity contribution in [3.8, 4) is 0 Å². The predicted molar refractivity (Wildman–Crippen MR) is 65.9 cm³/mol. The lowest BCUT2D eigenvalue weighted by Crippen LogP contribution is -2.49. The Balaban J connectivity index is 2.33. The molecule has 1 saturated heterocycles. The van der Waals surface area contributed by atoms with Gasteiger partial charge in [-0.2, -0.15) is 0 Å². The van der Waals surface area contributed by atoms with Gasteiger partial charge in [0.15, 0.2) is 0 Å². The molecule has 18 heavy (non-hydrogen) atoms. The Morgan fingerprint density at radius 3 is 2.67 bits per heavy atom. The van der Waals surface area contributed by atoms with Gasteiger partial charge in [0, 0.05) is 12.6 Å². The zero-order valence-electron chi connectivity index (χ0n) is 10.8. The summed E-state index contributed by atoms with van der Waals surface area (Å²) in [6.45, 7) is 2.89. The molecule has 1 heterocycles. The largest absolute Gasteiger partial charge is 0.538 e. The summed E-state index contributed by atoms with van der Waals surface area (Å²) < 4.78 is 5.16. The lowest BCUT2D eigenvalue weighted by atomic mass is 9.81. The number of benzene rings is 1. The van der Waals surface area contributed by atoms with Gasteiger partial charge >= 0.3 is 0 Å². The van der Waals surface area contributed by atoms with Crippen LogP contribution in [-0.4, -0.2) is 30.7 Å². The first kappa shape index (κ1) is 12.9. The van der Waals surface area contributed by atoms with Crippen LogP contribution in [0.5, 0.6) is 0 Å². The van der Waals surface area contributed by atoms with Crippen LogP contribution in [0.4, 0.5) is 4.79 Å². The van der Waals surface area contributed by atoms with Gasteiger partial charge in [0.1, 0.15) is 0 Å². The minimum absolute atomic E-state index is 0.276. The average molecular weight is 248 g/mol. The molecule has 1 fully saturated rings. The fourth-order valence-corrected chi connectivity index (χ4v) is 2.63. The highest BCUT2D eigenvalue weighted by Gasteiger charge is 2.37. The van der Waals surface area contributed by atoms with Crippen molar-refractivity contribution in [3.05, 3.63) is 35.9 Å². The minimum Gasteiger partial charge on any atom is -0.538 e. The zero-order chi connectivity index (χ0) is 13.2. The van der Waals surface area contributed by atoms with E-state index in [0.717, 1.165) is 12.1 Å². The monoisotopic (exact) mass is 248 g/mol. The third-order valence-corrected chi connectivity index (χ3v) is 3.82. The van der Waals surface area contributed by atoms with Crippen LogP contribution in [0, 0.1) is 0 Å². The van der Waals surface area contributed by atoms with E-state index in [-0.39, 0.29) is 6.04 Å². The summed E-state index contributed by atoms with van der Waals surface area (Å²) in [5, 5.41) is 10.9. The van der Waals surface area contributed by atoms with Crippen molar-refractivity contribution in [1.29, 1.82) is 0 Å². The van der Waals surface area contributed by atoms with E-state index in [2.05, 4.69) is 11.8 Å². The van der Waals surface area contributed by atoms with E-state index < -0.39 is 11.8 Å². The lowest BCUT2D eigenvalue weighted by molar-refractivity contribution is -0.300. The Morgan fingerprint density at radius 1 is 1.44 bits per heavy atom. The van der Waals surface area contributed by atoms with Crippen molar-refractivity contribution >= 4 is 6.16 Å². The number of rotatable bonds is 2.